The topological polar surface area (TPSA) is 191 Å². The van der Waals surface area contributed by atoms with E-state index >= 15 is 0 Å². The molecular formula is C86H118Na2O16. The van der Waals surface area contributed by atoms with E-state index in [-0.39, 0.29) is 83.5 Å². The number of benzene rings is 6. The van der Waals surface area contributed by atoms with Crippen LogP contribution in [0.1, 0.15) is 264 Å². The molecule has 0 fully saturated rings. The van der Waals surface area contributed by atoms with Crippen molar-refractivity contribution in [3.63, 3.8) is 0 Å². The van der Waals surface area contributed by atoms with Crippen molar-refractivity contribution in [1.29, 1.82) is 0 Å². The average Bonchev–Trinajstić information content (AvgIpc) is 0.790. The van der Waals surface area contributed by atoms with Crippen molar-refractivity contribution in [3.8, 4) is 69.0 Å². The molecule has 16 nitrogen and oxygen atoms in total. The van der Waals surface area contributed by atoms with Crippen LogP contribution in [0.5, 0.6) is 69.0 Å². The van der Waals surface area contributed by atoms with E-state index in [0.717, 1.165) is 219 Å². The van der Waals surface area contributed by atoms with Gasteiger partial charge in [0.15, 0.2) is 0 Å². The maximum atomic E-state index is 12.4. The van der Waals surface area contributed by atoms with Crippen molar-refractivity contribution in [2.45, 2.75) is 236 Å². The summed E-state index contributed by atoms with van der Waals surface area (Å²) in [5.41, 5.74) is 9.81. The van der Waals surface area contributed by atoms with E-state index < -0.39 is 25.2 Å². The second-order valence-corrected chi connectivity index (χ2v) is 26.8. The Bertz CT molecular complexity index is 3300. The number of hydrogen-bond donors (Lipinski definition) is 0. The standard InChI is InChI=1S/C86H120O16.2Na/c1-11-21-31-91-73-47-62-42-64-50-78(96-36-26-16-6)66(52-76(64)94-34-24-14-4)44-68-54-82(100-40-30-20-10)70(56-80(68)98-38-28-18-8)46-72-58-83(101-59-85(87)88)71(57-84(72)102-60-86(89)90)45-69-55-79(97-37-27-17-7)67(53-81(69)99-39-29-19-9)43-65-51-75(93-33-23-13-3)63(49-77(65)95-35-25-15-5)41-61(73)48-74(62)92-32-22-12-2;;/h47-58H,11-46,59-60H2,1-10H3,(H,87,88)(H,89,90);;/q;2*+1/p-2. The van der Waals surface area contributed by atoms with Gasteiger partial charge in [-0.2, -0.15) is 0 Å². The molecule has 0 saturated heterocycles. The van der Waals surface area contributed by atoms with Crippen molar-refractivity contribution >= 4 is 11.9 Å². The second kappa shape index (κ2) is 49.7. The van der Waals surface area contributed by atoms with Crippen LogP contribution in [0, 0.1) is 0 Å². The van der Waals surface area contributed by atoms with Gasteiger partial charge in [0, 0.05) is 105 Å². The Hall–Kier alpha value is -6.14. The smallest absolute Gasteiger partial charge is 0.546 e. The van der Waals surface area contributed by atoms with E-state index in [2.05, 4.69) is 118 Å². The van der Waals surface area contributed by atoms with Crippen molar-refractivity contribution in [1.82, 2.24) is 0 Å². The zero-order valence-electron chi connectivity index (χ0n) is 65.3. The minimum absolute atomic E-state index is 0. The average molecular weight is 1450 g/mol. The summed E-state index contributed by atoms with van der Waals surface area (Å²) in [5.74, 6) is 4.57. The summed E-state index contributed by atoms with van der Waals surface area (Å²) in [6.45, 7) is 24.8. The number of ether oxygens (including phenoxy) is 12. The normalized spacial score (nSPS) is 11.8. The molecule has 0 heterocycles. The van der Waals surface area contributed by atoms with E-state index in [9.17, 15) is 19.8 Å². The van der Waals surface area contributed by atoms with Gasteiger partial charge >= 0.3 is 59.1 Å². The van der Waals surface area contributed by atoms with E-state index in [1.54, 1.807) is 12.1 Å². The van der Waals surface area contributed by atoms with Gasteiger partial charge in [-0.15, -0.1) is 0 Å². The van der Waals surface area contributed by atoms with Crippen LogP contribution < -0.4 is 126 Å². The van der Waals surface area contributed by atoms with Gasteiger partial charge in [-0.3, -0.25) is 0 Å². The van der Waals surface area contributed by atoms with Gasteiger partial charge in [0.2, 0.25) is 0 Å². The molecule has 12 bridgehead atoms. The molecule has 16 aliphatic rings. The van der Waals surface area contributed by atoms with Crippen LogP contribution in [0.2, 0.25) is 0 Å². The summed E-state index contributed by atoms with van der Waals surface area (Å²) >= 11 is 0. The van der Waals surface area contributed by atoms with Gasteiger partial charge in [-0.05, 0) is 137 Å². The minimum atomic E-state index is -1.42. The maximum Gasteiger partial charge on any atom is 1.00 e. The Kier molecular flexibility index (Phi) is 42.3. The molecule has 6 aromatic carbocycles. The molecule has 0 atom stereocenters. The number of carboxylic acids is 2. The third-order valence-electron chi connectivity index (χ3n) is 18.0. The van der Waals surface area contributed by atoms with Crippen LogP contribution in [-0.2, 0) is 48.1 Å². The maximum absolute atomic E-state index is 12.4. The zero-order chi connectivity index (χ0) is 72.9. The third-order valence-corrected chi connectivity index (χ3v) is 18.0. The number of carbonyl (C=O) groups excluding carboxylic acids is 2. The number of carbonyl (C=O) groups is 2. The molecule has 6 aromatic rings. The quantitative estimate of drug-likeness (QED) is 0.0258. The van der Waals surface area contributed by atoms with Crippen molar-refractivity contribution in [2.75, 3.05) is 79.3 Å². The third kappa shape index (κ3) is 28.5. The number of unbranched alkanes of at least 4 members (excludes halogenated alkanes) is 10. The summed E-state index contributed by atoms with van der Waals surface area (Å²) < 4.78 is 81.3. The van der Waals surface area contributed by atoms with Crippen molar-refractivity contribution in [3.05, 3.63) is 140 Å². The van der Waals surface area contributed by atoms with E-state index in [0.29, 0.717) is 126 Å². The molecule has 0 saturated carbocycles. The Morgan fingerprint density at radius 1 is 0.221 bits per heavy atom. The monoisotopic (exact) mass is 1450 g/mol. The molecule has 18 heteroatoms. The molecule has 22 rings (SSSR count). The van der Waals surface area contributed by atoms with Gasteiger partial charge < -0.3 is 76.6 Å². The fourth-order valence-corrected chi connectivity index (χ4v) is 11.9. The Morgan fingerprint density at radius 3 is 0.423 bits per heavy atom. The SMILES string of the molecule is CCCCOc1cc2c(OCCCC)cc1Cc1cc(OCCCC)c(cc1OCCCC)Cc1cc(OCCCC)c(cc1OCCCC)Cc1cc(OCC(=O)[O-])c(cc1OCC(=O)[O-])Cc1cc(OCCCC)c(cc1OCCCC)Cc1cc(OCCCC)c(cc1OCCCC)C2.[Na+].[Na+]. The largest absolute Gasteiger partial charge is 1.00 e. The van der Waals surface area contributed by atoms with Crippen LogP contribution in [0.25, 0.3) is 0 Å². The van der Waals surface area contributed by atoms with Gasteiger partial charge in [0.25, 0.3) is 0 Å². The van der Waals surface area contributed by atoms with Crippen LogP contribution >= 0.6 is 0 Å². The fourth-order valence-electron chi connectivity index (χ4n) is 11.9. The number of carboxylic acid groups (broad SMARTS) is 2. The van der Waals surface area contributed by atoms with Crippen molar-refractivity contribution < 1.29 is 136 Å². The van der Waals surface area contributed by atoms with Crippen LogP contribution in [0.4, 0.5) is 0 Å². The summed E-state index contributed by atoms with van der Waals surface area (Å²) in [4.78, 5) is 24.9. The van der Waals surface area contributed by atoms with Crippen LogP contribution in [-0.4, -0.2) is 91.2 Å². The Labute approximate surface area is 666 Å². The minimum Gasteiger partial charge on any atom is -0.546 e. The summed E-state index contributed by atoms with van der Waals surface area (Å²) in [7, 11) is 0. The summed E-state index contributed by atoms with van der Waals surface area (Å²) in [5, 5.41) is 24.9. The van der Waals surface area contributed by atoms with Gasteiger partial charge in [0.1, 0.15) is 82.2 Å². The number of rotatable bonds is 46. The zero-order valence-corrected chi connectivity index (χ0v) is 69.3. The van der Waals surface area contributed by atoms with Gasteiger partial charge in [-0.25, -0.2) is 0 Å². The molecule has 104 heavy (non-hydrogen) atoms. The molecular weight excluding hydrogens is 1330 g/mol. The van der Waals surface area contributed by atoms with E-state index in [1.165, 1.54) is 0 Å². The molecule has 560 valence electrons. The first-order chi connectivity index (χ1) is 49.8. The first-order valence-electron chi connectivity index (χ1n) is 38.7. The molecule has 0 aliphatic heterocycles. The second-order valence-electron chi connectivity index (χ2n) is 26.8. The molecule has 16 aliphatic carbocycles. The van der Waals surface area contributed by atoms with Crippen molar-refractivity contribution in [2.24, 2.45) is 0 Å². The Balaban J connectivity index is 0.00000972. The van der Waals surface area contributed by atoms with E-state index in [4.69, 9.17) is 56.8 Å². The predicted molar refractivity (Wildman–Crippen MR) is 401 cm³/mol. The summed E-state index contributed by atoms with van der Waals surface area (Å²) in [6, 6.07) is 24.6. The van der Waals surface area contributed by atoms with E-state index in [1.807, 2.05) is 12.1 Å². The van der Waals surface area contributed by atoms with Gasteiger partial charge in [0.05, 0.1) is 78.0 Å². The molecule has 0 N–H and O–H groups in total. The number of hydrogen-bond acceptors (Lipinski definition) is 16. The van der Waals surface area contributed by atoms with Crippen LogP contribution in [0.3, 0.4) is 0 Å². The predicted octanol–water partition coefficient (Wildman–Crippen LogP) is 11.6. The van der Waals surface area contributed by atoms with Crippen LogP contribution in [0.15, 0.2) is 72.8 Å². The molecule has 0 amide bonds. The molecule has 0 spiro atoms. The number of aliphatic carboxylic acids is 2. The molecule has 0 unspecified atom stereocenters. The first kappa shape index (κ1) is 88.5. The Morgan fingerprint density at radius 2 is 0.327 bits per heavy atom. The summed E-state index contributed by atoms with van der Waals surface area (Å²) in [6.07, 6.45) is 19.5. The van der Waals surface area contributed by atoms with Gasteiger partial charge in [-0.1, -0.05) is 133 Å². The molecule has 0 radical (unpaired) electrons. The fraction of sp³-hybridized carbons (Fsp3) is 0.558. The first-order valence-corrected chi connectivity index (χ1v) is 38.7. The molecule has 0 aromatic heterocycles.